The maximum atomic E-state index is 13.0. The van der Waals surface area contributed by atoms with E-state index in [4.69, 9.17) is 0 Å². The molecule has 110 valence electrons. The SMILES string of the molecule is O=C(CCSc1ccc(F)c(F)c1)NC1CCCCC1. The molecular weight excluding hydrogens is 280 g/mol. The van der Waals surface area contributed by atoms with Crippen LogP contribution in [0.5, 0.6) is 0 Å². The molecule has 0 saturated heterocycles. The zero-order chi connectivity index (χ0) is 14.4. The van der Waals surface area contributed by atoms with Gasteiger partial charge in [-0.3, -0.25) is 4.79 Å². The summed E-state index contributed by atoms with van der Waals surface area (Å²) >= 11 is 1.37. The fourth-order valence-corrected chi connectivity index (χ4v) is 3.25. The second-order valence-corrected chi connectivity index (χ2v) is 6.25. The van der Waals surface area contributed by atoms with Crippen LogP contribution < -0.4 is 5.32 Å². The van der Waals surface area contributed by atoms with Gasteiger partial charge in [0.25, 0.3) is 0 Å². The Morgan fingerprint density at radius 3 is 2.65 bits per heavy atom. The third-order valence-corrected chi connectivity index (χ3v) is 4.45. The standard InChI is InChI=1S/C15H19F2NOS/c16-13-7-6-12(10-14(13)17)20-9-8-15(19)18-11-4-2-1-3-5-11/h6-7,10-11H,1-5,8-9H2,(H,18,19). The number of hydrogen-bond donors (Lipinski definition) is 1. The van der Waals surface area contributed by atoms with Crippen molar-refractivity contribution in [3.63, 3.8) is 0 Å². The molecule has 2 nitrogen and oxygen atoms in total. The van der Waals surface area contributed by atoms with Crippen LogP contribution in [0.1, 0.15) is 38.5 Å². The van der Waals surface area contributed by atoms with Crippen molar-refractivity contribution in [1.82, 2.24) is 5.32 Å². The molecule has 0 atom stereocenters. The highest BCUT2D eigenvalue weighted by Crippen LogP contribution is 2.21. The molecule has 1 aliphatic carbocycles. The van der Waals surface area contributed by atoms with Gasteiger partial charge in [-0.25, -0.2) is 8.78 Å². The predicted molar refractivity (Wildman–Crippen MR) is 76.7 cm³/mol. The summed E-state index contributed by atoms with van der Waals surface area (Å²) in [5, 5.41) is 3.04. The molecule has 1 saturated carbocycles. The molecular formula is C15H19F2NOS. The Hall–Kier alpha value is -1.10. The van der Waals surface area contributed by atoms with Gasteiger partial charge in [-0.1, -0.05) is 19.3 Å². The Morgan fingerprint density at radius 2 is 1.95 bits per heavy atom. The van der Waals surface area contributed by atoms with Crippen LogP contribution in [0.3, 0.4) is 0 Å². The third kappa shape index (κ3) is 4.78. The minimum atomic E-state index is -0.846. The third-order valence-electron chi connectivity index (χ3n) is 3.46. The van der Waals surface area contributed by atoms with E-state index in [0.29, 0.717) is 23.1 Å². The molecule has 0 spiro atoms. The Kier molecular flexibility index (Phi) is 5.83. The second kappa shape index (κ2) is 7.62. The average molecular weight is 299 g/mol. The largest absolute Gasteiger partial charge is 0.353 e. The van der Waals surface area contributed by atoms with Gasteiger partial charge in [0, 0.05) is 23.1 Å². The molecule has 1 amide bonds. The van der Waals surface area contributed by atoms with Gasteiger partial charge >= 0.3 is 0 Å². The average Bonchev–Trinajstić information content (AvgIpc) is 2.44. The van der Waals surface area contributed by atoms with E-state index in [2.05, 4.69) is 5.32 Å². The number of amides is 1. The number of benzene rings is 1. The zero-order valence-corrected chi connectivity index (χ0v) is 12.1. The highest BCUT2D eigenvalue weighted by atomic mass is 32.2. The van der Waals surface area contributed by atoms with Crippen molar-refractivity contribution in [2.24, 2.45) is 0 Å². The molecule has 1 aromatic rings. The van der Waals surface area contributed by atoms with Crippen LogP contribution in [0, 0.1) is 11.6 Å². The fourth-order valence-electron chi connectivity index (χ4n) is 2.37. The summed E-state index contributed by atoms with van der Waals surface area (Å²) in [4.78, 5) is 12.4. The van der Waals surface area contributed by atoms with Crippen LogP contribution in [-0.4, -0.2) is 17.7 Å². The molecule has 0 radical (unpaired) electrons. The van der Waals surface area contributed by atoms with Gasteiger partial charge in [0.2, 0.25) is 5.91 Å². The minimum Gasteiger partial charge on any atom is -0.353 e. The molecule has 5 heteroatoms. The first-order valence-corrected chi connectivity index (χ1v) is 8.01. The van der Waals surface area contributed by atoms with Crippen molar-refractivity contribution in [3.05, 3.63) is 29.8 Å². The Morgan fingerprint density at radius 1 is 1.20 bits per heavy atom. The van der Waals surface area contributed by atoms with Gasteiger partial charge in [-0.2, -0.15) is 0 Å². The van der Waals surface area contributed by atoms with Gasteiger partial charge < -0.3 is 5.32 Å². The minimum absolute atomic E-state index is 0.0481. The first-order chi connectivity index (χ1) is 9.65. The normalized spacial score (nSPS) is 16.1. The summed E-state index contributed by atoms with van der Waals surface area (Å²) in [6, 6.07) is 4.13. The van der Waals surface area contributed by atoms with Gasteiger partial charge in [0.1, 0.15) is 0 Å². The summed E-state index contributed by atoms with van der Waals surface area (Å²) in [5.41, 5.74) is 0. The van der Waals surface area contributed by atoms with E-state index < -0.39 is 11.6 Å². The summed E-state index contributed by atoms with van der Waals surface area (Å²) < 4.78 is 25.8. The van der Waals surface area contributed by atoms with Crippen LogP contribution in [0.15, 0.2) is 23.1 Å². The predicted octanol–water partition coefficient (Wildman–Crippen LogP) is 3.90. The van der Waals surface area contributed by atoms with Gasteiger partial charge in [-0.05, 0) is 31.0 Å². The van der Waals surface area contributed by atoms with Crippen LogP contribution in [0.2, 0.25) is 0 Å². The highest BCUT2D eigenvalue weighted by molar-refractivity contribution is 7.99. The fraction of sp³-hybridized carbons (Fsp3) is 0.533. The maximum Gasteiger partial charge on any atom is 0.221 e. The second-order valence-electron chi connectivity index (χ2n) is 5.08. The number of nitrogens with one attached hydrogen (secondary N) is 1. The van der Waals surface area contributed by atoms with Crippen LogP contribution in [0.25, 0.3) is 0 Å². The molecule has 0 unspecified atom stereocenters. The van der Waals surface area contributed by atoms with Crippen LogP contribution in [-0.2, 0) is 4.79 Å². The molecule has 1 aromatic carbocycles. The quantitative estimate of drug-likeness (QED) is 0.836. The lowest BCUT2D eigenvalue weighted by Crippen LogP contribution is -2.36. The summed E-state index contributed by atoms with van der Waals surface area (Å²) in [7, 11) is 0. The smallest absolute Gasteiger partial charge is 0.221 e. The Bertz CT molecular complexity index is 461. The topological polar surface area (TPSA) is 29.1 Å². The van der Waals surface area contributed by atoms with Crippen molar-refractivity contribution in [1.29, 1.82) is 0 Å². The van der Waals surface area contributed by atoms with E-state index in [1.54, 1.807) is 0 Å². The molecule has 20 heavy (non-hydrogen) atoms. The molecule has 1 N–H and O–H groups in total. The summed E-state index contributed by atoms with van der Waals surface area (Å²) in [5.74, 6) is -1.07. The lowest BCUT2D eigenvalue weighted by Gasteiger charge is -2.22. The summed E-state index contributed by atoms with van der Waals surface area (Å²) in [6.07, 6.45) is 6.19. The number of carbonyl (C=O) groups is 1. The van der Waals surface area contributed by atoms with Crippen molar-refractivity contribution < 1.29 is 13.6 Å². The van der Waals surface area contributed by atoms with E-state index in [1.165, 1.54) is 43.2 Å². The molecule has 0 heterocycles. The first kappa shape index (κ1) is 15.3. The Labute approximate surface area is 122 Å². The van der Waals surface area contributed by atoms with E-state index in [1.807, 2.05) is 0 Å². The number of hydrogen-bond acceptors (Lipinski definition) is 2. The zero-order valence-electron chi connectivity index (χ0n) is 11.3. The number of thioether (sulfide) groups is 1. The molecule has 0 aromatic heterocycles. The molecule has 1 fully saturated rings. The van der Waals surface area contributed by atoms with Crippen molar-refractivity contribution >= 4 is 17.7 Å². The van der Waals surface area contributed by atoms with Crippen LogP contribution >= 0.6 is 11.8 Å². The highest BCUT2D eigenvalue weighted by Gasteiger charge is 2.15. The molecule has 1 aliphatic rings. The lowest BCUT2D eigenvalue weighted by molar-refractivity contribution is -0.121. The summed E-state index contributed by atoms with van der Waals surface area (Å²) in [6.45, 7) is 0. The van der Waals surface area contributed by atoms with E-state index in [9.17, 15) is 13.6 Å². The molecule has 2 rings (SSSR count). The van der Waals surface area contributed by atoms with Crippen molar-refractivity contribution in [2.45, 2.75) is 49.5 Å². The van der Waals surface area contributed by atoms with Crippen molar-refractivity contribution in [3.8, 4) is 0 Å². The lowest BCUT2D eigenvalue weighted by atomic mass is 9.95. The number of halogens is 2. The molecule has 0 aliphatic heterocycles. The van der Waals surface area contributed by atoms with Gasteiger partial charge in [-0.15, -0.1) is 11.8 Å². The van der Waals surface area contributed by atoms with E-state index >= 15 is 0 Å². The Balaban J connectivity index is 1.69. The van der Waals surface area contributed by atoms with Gasteiger partial charge in [0.15, 0.2) is 11.6 Å². The van der Waals surface area contributed by atoms with E-state index in [0.717, 1.165) is 18.9 Å². The maximum absolute atomic E-state index is 13.0. The first-order valence-electron chi connectivity index (χ1n) is 7.02. The van der Waals surface area contributed by atoms with Crippen LogP contribution in [0.4, 0.5) is 8.78 Å². The van der Waals surface area contributed by atoms with Gasteiger partial charge in [0.05, 0.1) is 0 Å². The number of rotatable bonds is 5. The number of carbonyl (C=O) groups excluding carboxylic acids is 1. The molecule has 0 bridgehead atoms. The monoisotopic (exact) mass is 299 g/mol. The van der Waals surface area contributed by atoms with E-state index in [-0.39, 0.29) is 5.91 Å². The van der Waals surface area contributed by atoms with Crippen molar-refractivity contribution in [2.75, 3.05) is 5.75 Å².